The number of ether oxygens (including phenoxy) is 1. The lowest BCUT2D eigenvalue weighted by molar-refractivity contribution is 0.0583. The minimum Gasteiger partial charge on any atom is -0.457 e. The minimum absolute atomic E-state index is 0.294. The molecule has 3 aromatic rings. The average molecular weight is 326 g/mol. The highest BCUT2D eigenvalue weighted by Crippen LogP contribution is 2.26. The van der Waals surface area contributed by atoms with Crippen molar-refractivity contribution in [3.05, 3.63) is 66.6 Å². The molecule has 4 nitrogen and oxygen atoms in total. The average Bonchev–Trinajstić information content (AvgIpc) is 2.96. The second-order valence-electron chi connectivity index (χ2n) is 6.27. The number of halogens is 1. The Kier molecular flexibility index (Phi) is 4.36. The van der Waals surface area contributed by atoms with E-state index in [4.69, 9.17) is 4.74 Å². The zero-order chi connectivity index (χ0) is 17.2. The maximum Gasteiger partial charge on any atom is 0.127 e. The summed E-state index contributed by atoms with van der Waals surface area (Å²) in [4.78, 5) is 0. The van der Waals surface area contributed by atoms with Gasteiger partial charge in [-0.15, -0.1) is 0 Å². The first kappa shape index (κ1) is 16.2. The molecular weight excluding hydrogens is 307 g/mol. The van der Waals surface area contributed by atoms with Crippen molar-refractivity contribution in [3.8, 4) is 22.8 Å². The van der Waals surface area contributed by atoms with Crippen molar-refractivity contribution < 1.29 is 14.2 Å². The molecule has 1 N–H and O–H groups in total. The highest BCUT2D eigenvalue weighted by molar-refractivity contribution is 5.60. The smallest absolute Gasteiger partial charge is 0.127 e. The molecule has 0 bridgehead atoms. The van der Waals surface area contributed by atoms with Gasteiger partial charge in [-0.05, 0) is 68.4 Å². The summed E-state index contributed by atoms with van der Waals surface area (Å²) >= 11 is 0. The zero-order valence-corrected chi connectivity index (χ0v) is 13.6. The molecule has 0 aliphatic heterocycles. The molecule has 1 heterocycles. The maximum atomic E-state index is 12.9. The monoisotopic (exact) mass is 326 g/mol. The van der Waals surface area contributed by atoms with Gasteiger partial charge < -0.3 is 9.84 Å². The predicted molar refractivity (Wildman–Crippen MR) is 90.4 cm³/mol. The molecule has 3 rings (SSSR count). The second kappa shape index (κ2) is 6.45. The van der Waals surface area contributed by atoms with E-state index in [2.05, 4.69) is 5.10 Å². The van der Waals surface area contributed by atoms with E-state index in [0.29, 0.717) is 18.0 Å². The molecule has 124 valence electrons. The third-order valence-corrected chi connectivity index (χ3v) is 3.45. The highest BCUT2D eigenvalue weighted by Gasteiger charge is 2.16. The normalized spacial score (nSPS) is 11.5. The van der Waals surface area contributed by atoms with Gasteiger partial charge in [0.15, 0.2) is 0 Å². The van der Waals surface area contributed by atoms with Crippen LogP contribution in [0.3, 0.4) is 0 Å². The summed E-state index contributed by atoms with van der Waals surface area (Å²) < 4.78 is 20.4. The first-order valence-corrected chi connectivity index (χ1v) is 7.69. The third-order valence-electron chi connectivity index (χ3n) is 3.45. The molecule has 0 saturated heterocycles. The molecule has 0 spiro atoms. The number of hydrogen-bond acceptors (Lipinski definition) is 3. The number of rotatable bonds is 5. The lowest BCUT2D eigenvalue weighted by atomic mass is 10.1. The number of nitrogens with zero attached hydrogens (tertiary/aromatic N) is 2. The second-order valence-corrected chi connectivity index (χ2v) is 6.27. The molecule has 0 saturated carbocycles. The maximum absolute atomic E-state index is 12.9. The molecule has 0 amide bonds. The van der Waals surface area contributed by atoms with Crippen LogP contribution < -0.4 is 4.74 Å². The summed E-state index contributed by atoms with van der Waals surface area (Å²) in [5.41, 5.74) is 1.06. The van der Waals surface area contributed by atoms with Gasteiger partial charge in [0, 0.05) is 11.8 Å². The van der Waals surface area contributed by atoms with E-state index < -0.39 is 5.60 Å². The van der Waals surface area contributed by atoms with Crippen LogP contribution in [0, 0.1) is 5.82 Å². The topological polar surface area (TPSA) is 47.3 Å². The van der Waals surface area contributed by atoms with Crippen LogP contribution in [0.25, 0.3) is 11.3 Å². The molecule has 0 fully saturated rings. The molecule has 1 aromatic heterocycles. The Morgan fingerprint density at radius 1 is 1.00 bits per heavy atom. The molecule has 0 atom stereocenters. The fraction of sp³-hybridized carbons (Fsp3) is 0.211. The van der Waals surface area contributed by atoms with Crippen molar-refractivity contribution in [2.45, 2.75) is 26.0 Å². The van der Waals surface area contributed by atoms with Gasteiger partial charge in [0.2, 0.25) is 0 Å². The molecule has 0 unspecified atom stereocenters. The van der Waals surface area contributed by atoms with Crippen LogP contribution in [0.5, 0.6) is 11.5 Å². The first-order chi connectivity index (χ1) is 11.4. The van der Waals surface area contributed by atoms with Crippen molar-refractivity contribution in [2.75, 3.05) is 0 Å². The van der Waals surface area contributed by atoms with Crippen LogP contribution in [-0.2, 0) is 6.54 Å². The van der Waals surface area contributed by atoms with Gasteiger partial charge in [-0.1, -0.05) is 0 Å². The summed E-state index contributed by atoms with van der Waals surface area (Å²) in [6.07, 6.45) is 1.71. The van der Waals surface area contributed by atoms with Crippen LogP contribution in [-0.4, -0.2) is 20.5 Å². The van der Waals surface area contributed by atoms with Crippen LogP contribution in [0.15, 0.2) is 60.8 Å². The van der Waals surface area contributed by atoms with Crippen LogP contribution in [0.4, 0.5) is 4.39 Å². The molecule has 0 aliphatic carbocycles. The predicted octanol–water partition coefficient (Wildman–Crippen LogP) is 4.25. The number of aliphatic hydroxyl groups is 1. The molecule has 5 heteroatoms. The Labute approximate surface area is 140 Å². The van der Waals surface area contributed by atoms with E-state index in [9.17, 15) is 9.50 Å². The molecular formula is C19H19FN2O2. The standard InChI is InChI=1S/C19H19FN2O2/c1-19(2,23)13-22-18(11-12-21-22)14-3-7-16(8-4-14)24-17-9-5-15(20)6-10-17/h3-12,23H,13H2,1-2H3. The van der Waals surface area contributed by atoms with E-state index in [1.165, 1.54) is 12.1 Å². The molecule has 0 radical (unpaired) electrons. The van der Waals surface area contributed by atoms with E-state index in [-0.39, 0.29) is 5.82 Å². The van der Waals surface area contributed by atoms with Gasteiger partial charge in [0.1, 0.15) is 17.3 Å². The minimum atomic E-state index is -0.841. The number of hydrogen-bond donors (Lipinski definition) is 1. The van der Waals surface area contributed by atoms with E-state index in [1.807, 2.05) is 30.3 Å². The van der Waals surface area contributed by atoms with Gasteiger partial charge in [-0.3, -0.25) is 4.68 Å². The van der Waals surface area contributed by atoms with E-state index in [1.54, 1.807) is 36.9 Å². The fourth-order valence-electron chi connectivity index (χ4n) is 2.40. The van der Waals surface area contributed by atoms with Crippen LogP contribution in [0.1, 0.15) is 13.8 Å². The Morgan fingerprint density at radius 2 is 1.58 bits per heavy atom. The third kappa shape index (κ3) is 4.00. The van der Waals surface area contributed by atoms with Crippen molar-refractivity contribution in [2.24, 2.45) is 0 Å². The van der Waals surface area contributed by atoms with Gasteiger partial charge in [-0.2, -0.15) is 5.10 Å². The zero-order valence-electron chi connectivity index (χ0n) is 13.6. The molecule has 2 aromatic carbocycles. The van der Waals surface area contributed by atoms with Crippen molar-refractivity contribution in [1.82, 2.24) is 9.78 Å². The van der Waals surface area contributed by atoms with Crippen LogP contribution >= 0.6 is 0 Å². The lowest BCUT2D eigenvalue weighted by Gasteiger charge is -2.18. The summed E-state index contributed by atoms with van der Waals surface area (Å²) in [6, 6.07) is 15.3. The summed E-state index contributed by atoms with van der Waals surface area (Å²) in [5, 5.41) is 14.2. The van der Waals surface area contributed by atoms with Crippen molar-refractivity contribution >= 4 is 0 Å². The lowest BCUT2D eigenvalue weighted by Crippen LogP contribution is -2.27. The van der Waals surface area contributed by atoms with Gasteiger partial charge in [0.25, 0.3) is 0 Å². The number of aromatic nitrogens is 2. The first-order valence-electron chi connectivity index (χ1n) is 7.69. The molecule has 0 aliphatic rings. The quantitative estimate of drug-likeness (QED) is 0.762. The van der Waals surface area contributed by atoms with E-state index >= 15 is 0 Å². The van der Waals surface area contributed by atoms with E-state index in [0.717, 1.165) is 11.3 Å². The summed E-state index contributed by atoms with van der Waals surface area (Å²) in [6.45, 7) is 3.90. The van der Waals surface area contributed by atoms with Gasteiger partial charge in [0.05, 0.1) is 17.8 Å². The summed E-state index contributed by atoms with van der Waals surface area (Å²) in [5.74, 6) is 0.952. The Balaban J connectivity index is 1.78. The largest absolute Gasteiger partial charge is 0.457 e. The molecule has 24 heavy (non-hydrogen) atoms. The van der Waals surface area contributed by atoms with Crippen LogP contribution in [0.2, 0.25) is 0 Å². The fourth-order valence-corrected chi connectivity index (χ4v) is 2.40. The Morgan fingerprint density at radius 3 is 2.17 bits per heavy atom. The summed E-state index contributed by atoms with van der Waals surface area (Å²) in [7, 11) is 0. The Hall–Kier alpha value is -2.66. The Bertz CT molecular complexity index is 803. The highest BCUT2D eigenvalue weighted by atomic mass is 19.1. The van der Waals surface area contributed by atoms with Crippen molar-refractivity contribution in [1.29, 1.82) is 0 Å². The SMILES string of the molecule is CC(C)(O)Cn1nccc1-c1ccc(Oc2ccc(F)cc2)cc1. The van der Waals surface area contributed by atoms with Gasteiger partial charge >= 0.3 is 0 Å². The van der Waals surface area contributed by atoms with Crippen molar-refractivity contribution in [3.63, 3.8) is 0 Å². The number of benzene rings is 2. The van der Waals surface area contributed by atoms with Gasteiger partial charge in [-0.25, -0.2) is 4.39 Å².